The van der Waals surface area contributed by atoms with Gasteiger partial charge in [-0.05, 0) is 30.3 Å². The summed E-state index contributed by atoms with van der Waals surface area (Å²) in [6.45, 7) is 0. The van der Waals surface area contributed by atoms with Gasteiger partial charge >= 0.3 is 0 Å². The Morgan fingerprint density at radius 2 is 2.07 bits per heavy atom. The molecule has 14 heavy (non-hydrogen) atoms. The molecule has 0 unspecified atom stereocenters. The van der Waals surface area contributed by atoms with Crippen LogP contribution in [0, 0.1) is 0 Å². The van der Waals surface area contributed by atoms with Gasteiger partial charge in [0.1, 0.15) is 5.65 Å². The summed E-state index contributed by atoms with van der Waals surface area (Å²) in [6, 6.07) is 11.7. The lowest BCUT2D eigenvalue weighted by molar-refractivity contribution is 1.23. The van der Waals surface area contributed by atoms with Crippen LogP contribution in [0.2, 0.25) is 5.02 Å². The summed E-state index contributed by atoms with van der Waals surface area (Å²) in [5.41, 5.74) is 2.97. The van der Waals surface area contributed by atoms with Crippen molar-refractivity contribution in [2.24, 2.45) is 0 Å². The lowest BCUT2D eigenvalue weighted by atomic mass is 10.3. The molecule has 2 heterocycles. The summed E-state index contributed by atoms with van der Waals surface area (Å²) < 4.78 is 2.05. The van der Waals surface area contributed by atoms with Gasteiger partial charge in [0.15, 0.2) is 0 Å². The summed E-state index contributed by atoms with van der Waals surface area (Å²) in [4.78, 5) is 4.45. The van der Waals surface area contributed by atoms with Crippen molar-refractivity contribution in [1.82, 2.24) is 9.38 Å². The highest BCUT2D eigenvalue weighted by Crippen LogP contribution is 2.19. The van der Waals surface area contributed by atoms with E-state index in [1.807, 2.05) is 47.0 Å². The number of hydrogen-bond acceptors (Lipinski definition) is 1. The van der Waals surface area contributed by atoms with E-state index in [1.165, 1.54) is 0 Å². The Morgan fingerprint density at radius 1 is 1.14 bits per heavy atom. The SMILES string of the molecule is Clc1ccc2c(c1)nc1ccccn12. The largest absolute Gasteiger partial charge is 0.300 e. The molecule has 0 radical (unpaired) electrons. The van der Waals surface area contributed by atoms with Crippen LogP contribution in [0.4, 0.5) is 0 Å². The van der Waals surface area contributed by atoms with Crippen LogP contribution in [0.3, 0.4) is 0 Å². The van der Waals surface area contributed by atoms with E-state index in [0.29, 0.717) is 0 Å². The summed E-state index contributed by atoms with van der Waals surface area (Å²) in [6.07, 6.45) is 2.00. The minimum Gasteiger partial charge on any atom is -0.300 e. The maximum absolute atomic E-state index is 5.90. The molecule has 0 amide bonds. The summed E-state index contributed by atoms with van der Waals surface area (Å²) >= 11 is 5.90. The first-order valence-corrected chi connectivity index (χ1v) is 4.75. The number of benzene rings is 1. The number of pyridine rings is 1. The average Bonchev–Trinajstić information content (AvgIpc) is 2.54. The van der Waals surface area contributed by atoms with Crippen molar-refractivity contribution in [3.8, 4) is 0 Å². The second-order valence-electron chi connectivity index (χ2n) is 3.17. The van der Waals surface area contributed by atoms with Gasteiger partial charge < -0.3 is 0 Å². The van der Waals surface area contributed by atoms with Gasteiger partial charge in [-0.3, -0.25) is 4.40 Å². The molecule has 3 heteroatoms. The quantitative estimate of drug-likeness (QED) is 0.548. The van der Waals surface area contributed by atoms with E-state index in [0.717, 1.165) is 21.7 Å². The number of aromatic nitrogens is 2. The molecule has 0 saturated heterocycles. The molecule has 0 saturated carbocycles. The molecule has 0 N–H and O–H groups in total. The van der Waals surface area contributed by atoms with Crippen LogP contribution in [0.1, 0.15) is 0 Å². The van der Waals surface area contributed by atoms with Gasteiger partial charge in [0, 0.05) is 11.2 Å². The molecule has 3 aromatic rings. The molecule has 0 fully saturated rings. The lowest BCUT2D eigenvalue weighted by Crippen LogP contribution is -1.80. The highest BCUT2D eigenvalue weighted by molar-refractivity contribution is 6.31. The Hall–Kier alpha value is -1.54. The van der Waals surface area contributed by atoms with Crippen molar-refractivity contribution in [1.29, 1.82) is 0 Å². The molecule has 0 aliphatic rings. The van der Waals surface area contributed by atoms with Crippen LogP contribution >= 0.6 is 11.6 Å². The van der Waals surface area contributed by atoms with E-state index in [2.05, 4.69) is 4.98 Å². The molecule has 68 valence electrons. The molecule has 0 atom stereocenters. The third-order valence-electron chi connectivity index (χ3n) is 2.27. The number of halogens is 1. The van der Waals surface area contributed by atoms with Crippen molar-refractivity contribution in [2.45, 2.75) is 0 Å². The molecule has 1 aromatic carbocycles. The van der Waals surface area contributed by atoms with Crippen LogP contribution < -0.4 is 0 Å². The zero-order valence-electron chi connectivity index (χ0n) is 7.31. The smallest absolute Gasteiger partial charge is 0.137 e. The number of nitrogens with zero attached hydrogens (tertiary/aromatic N) is 2. The minimum absolute atomic E-state index is 0.723. The van der Waals surface area contributed by atoms with Gasteiger partial charge in [0.2, 0.25) is 0 Å². The van der Waals surface area contributed by atoms with Crippen LogP contribution in [0.15, 0.2) is 42.6 Å². The van der Waals surface area contributed by atoms with E-state index in [-0.39, 0.29) is 0 Å². The zero-order chi connectivity index (χ0) is 9.54. The first-order chi connectivity index (χ1) is 6.84. The normalized spacial score (nSPS) is 11.2. The number of rotatable bonds is 0. The number of hydrogen-bond donors (Lipinski definition) is 0. The van der Waals surface area contributed by atoms with Crippen molar-refractivity contribution >= 4 is 28.3 Å². The number of imidazole rings is 1. The average molecular weight is 203 g/mol. The van der Waals surface area contributed by atoms with Crippen molar-refractivity contribution < 1.29 is 0 Å². The predicted octanol–water partition coefficient (Wildman–Crippen LogP) is 3.14. The van der Waals surface area contributed by atoms with Gasteiger partial charge in [0.05, 0.1) is 11.0 Å². The second kappa shape index (κ2) is 2.72. The molecule has 0 spiro atoms. The third kappa shape index (κ3) is 1.01. The molecular formula is C11H7ClN2. The van der Waals surface area contributed by atoms with E-state index < -0.39 is 0 Å². The zero-order valence-corrected chi connectivity index (χ0v) is 8.07. The predicted molar refractivity (Wildman–Crippen MR) is 57.7 cm³/mol. The number of fused-ring (bicyclic) bond motifs is 3. The molecule has 0 aliphatic heterocycles. The van der Waals surface area contributed by atoms with Crippen LogP contribution in [0.25, 0.3) is 16.7 Å². The minimum atomic E-state index is 0.723. The van der Waals surface area contributed by atoms with Gasteiger partial charge in [-0.15, -0.1) is 0 Å². The molecule has 2 nitrogen and oxygen atoms in total. The first-order valence-electron chi connectivity index (χ1n) is 4.37. The highest BCUT2D eigenvalue weighted by atomic mass is 35.5. The standard InChI is InChI=1S/C11H7ClN2/c12-8-4-5-10-9(7-8)13-11-3-1-2-6-14(10)11/h1-7H. The summed E-state index contributed by atoms with van der Waals surface area (Å²) in [5, 5.41) is 0.723. The van der Waals surface area contributed by atoms with Gasteiger partial charge in [-0.25, -0.2) is 4.98 Å². The Kier molecular flexibility index (Phi) is 1.52. The molecule has 0 bridgehead atoms. The topological polar surface area (TPSA) is 17.3 Å². The van der Waals surface area contributed by atoms with E-state index in [4.69, 9.17) is 11.6 Å². The maximum Gasteiger partial charge on any atom is 0.137 e. The molecule has 2 aromatic heterocycles. The van der Waals surface area contributed by atoms with Crippen LogP contribution in [-0.4, -0.2) is 9.38 Å². The first kappa shape index (κ1) is 7.83. The summed E-state index contributed by atoms with van der Waals surface area (Å²) in [7, 11) is 0. The third-order valence-corrected chi connectivity index (χ3v) is 2.51. The fourth-order valence-electron chi connectivity index (χ4n) is 1.64. The van der Waals surface area contributed by atoms with Crippen LogP contribution in [-0.2, 0) is 0 Å². The highest BCUT2D eigenvalue weighted by Gasteiger charge is 2.02. The van der Waals surface area contributed by atoms with Gasteiger partial charge in [-0.1, -0.05) is 17.7 Å². The Labute approximate surface area is 85.8 Å². The summed E-state index contributed by atoms with van der Waals surface area (Å²) in [5.74, 6) is 0. The van der Waals surface area contributed by atoms with E-state index >= 15 is 0 Å². The fraction of sp³-hybridized carbons (Fsp3) is 0. The second-order valence-corrected chi connectivity index (χ2v) is 3.61. The van der Waals surface area contributed by atoms with Gasteiger partial charge in [-0.2, -0.15) is 0 Å². The Bertz CT molecular complexity index is 613. The Balaban J connectivity index is 2.57. The molecule has 3 rings (SSSR count). The van der Waals surface area contributed by atoms with E-state index in [9.17, 15) is 0 Å². The van der Waals surface area contributed by atoms with Crippen LogP contribution in [0.5, 0.6) is 0 Å². The molecule has 0 aliphatic carbocycles. The van der Waals surface area contributed by atoms with Crippen molar-refractivity contribution in [3.63, 3.8) is 0 Å². The fourth-order valence-corrected chi connectivity index (χ4v) is 1.81. The maximum atomic E-state index is 5.90. The monoisotopic (exact) mass is 202 g/mol. The molecular weight excluding hydrogens is 196 g/mol. The van der Waals surface area contributed by atoms with Crippen molar-refractivity contribution in [3.05, 3.63) is 47.6 Å². The van der Waals surface area contributed by atoms with Crippen molar-refractivity contribution in [2.75, 3.05) is 0 Å². The lowest BCUT2D eigenvalue weighted by Gasteiger charge is -1.93. The van der Waals surface area contributed by atoms with Gasteiger partial charge in [0.25, 0.3) is 0 Å². The Morgan fingerprint density at radius 3 is 3.00 bits per heavy atom. The van der Waals surface area contributed by atoms with E-state index in [1.54, 1.807) is 0 Å².